The molecule has 24 heavy (non-hydrogen) atoms. The lowest BCUT2D eigenvalue weighted by Crippen LogP contribution is -1.95. The lowest BCUT2D eigenvalue weighted by Gasteiger charge is -2.08. The molecule has 124 valence electrons. The summed E-state index contributed by atoms with van der Waals surface area (Å²) >= 11 is 6.02. The summed E-state index contributed by atoms with van der Waals surface area (Å²) in [5.41, 5.74) is 8.78. The molecule has 2 aromatic carbocycles. The predicted molar refractivity (Wildman–Crippen MR) is 98.8 cm³/mol. The average Bonchev–Trinajstić information content (AvgIpc) is 2.63. The number of hydrogen-bond acceptors (Lipinski definition) is 5. The smallest absolute Gasteiger partial charge is 0.142 e. The van der Waals surface area contributed by atoms with E-state index in [2.05, 4.69) is 16.5 Å². The third-order valence-corrected chi connectivity index (χ3v) is 3.16. The Hall–Kier alpha value is -2.76. The molecule has 3 rings (SSSR count). The molecule has 1 heterocycles. The van der Waals surface area contributed by atoms with Crippen molar-refractivity contribution in [1.29, 1.82) is 0 Å². The topological polar surface area (TPSA) is 89.1 Å². The van der Waals surface area contributed by atoms with E-state index in [1.165, 1.54) is 12.4 Å². The van der Waals surface area contributed by atoms with Crippen LogP contribution in [-0.2, 0) is 4.79 Å². The first kappa shape index (κ1) is 19.3. The van der Waals surface area contributed by atoms with Crippen LogP contribution in [0, 0.1) is 0 Å². The zero-order valence-electron chi connectivity index (χ0n) is 13.2. The molecule has 0 atom stereocenters. The average molecular weight is 344 g/mol. The third kappa shape index (κ3) is 4.87. The molecule has 0 radical (unpaired) electrons. The van der Waals surface area contributed by atoms with Crippen LogP contribution in [0.5, 0.6) is 0 Å². The van der Waals surface area contributed by atoms with E-state index >= 15 is 0 Å². The Morgan fingerprint density at radius 3 is 2.46 bits per heavy atom. The molecule has 6 heteroatoms. The normalized spacial score (nSPS) is 9.12. The van der Waals surface area contributed by atoms with E-state index in [1.54, 1.807) is 0 Å². The van der Waals surface area contributed by atoms with Crippen molar-refractivity contribution in [2.45, 2.75) is 0 Å². The Labute approximate surface area is 145 Å². The number of benzene rings is 2. The lowest BCUT2D eigenvalue weighted by atomic mass is 10.0. The first-order valence-corrected chi connectivity index (χ1v) is 7.31. The summed E-state index contributed by atoms with van der Waals surface area (Å²) in [6, 6.07) is 13.5. The number of fused-ring (bicyclic) bond motifs is 1. The van der Waals surface area contributed by atoms with Gasteiger partial charge >= 0.3 is 0 Å². The van der Waals surface area contributed by atoms with Crippen LogP contribution in [0.1, 0.15) is 0 Å². The van der Waals surface area contributed by atoms with E-state index in [4.69, 9.17) is 27.2 Å². The lowest BCUT2D eigenvalue weighted by molar-refractivity contribution is -0.104. The Morgan fingerprint density at radius 1 is 1.17 bits per heavy atom. The number of rotatable bonds is 2. The molecule has 0 amide bonds. The largest absolute Gasteiger partial charge is 0.400 e. The number of aldehydes is 1. The highest BCUT2D eigenvalue weighted by Gasteiger charge is 2.08. The van der Waals surface area contributed by atoms with Crippen LogP contribution < -0.4 is 5.73 Å². The van der Waals surface area contributed by atoms with Crippen LogP contribution in [0.15, 0.2) is 61.4 Å². The highest BCUT2D eigenvalue weighted by Crippen LogP contribution is 2.31. The minimum Gasteiger partial charge on any atom is -0.400 e. The fourth-order valence-corrected chi connectivity index (χ4v) is 2.22. The van der Waals surface area contributed by atoms with Crippen LogP contribution in [-0.4, -0.2) is 28.5 Å². The van der Waals surface area contributed by atoms with Crippen molar-refractivity contribution >= 4 is 34.6 Å². The highest BCUT2D eigenvalue weighted by atomic mass is 35.5. The summed E-state index contributed by atoms with van der Waals surface area (Å²) in [7, 11) is 1.00. The van der Waals surface area contributed by atoms with E-state index in [0.717, 1.165) is 29.1 Å². The second-order valence-electron chi connectivity index (χ2n) is 4.34. The molecular formula is C18H18ClN3O2. The predicted octanol–water partition coefficient (Wildman–Crippen LogP) is 3.51. The van der Waals surface area contributed by atoms with Crippen LogP contribution in [0.2, 0.25) is 5.02 Å². The van der Waals surface area contributed by atoms with Crippen molar-refractivity contribution in [2.75, 3.05) is 12.8 Å². The highest BCUT2D eigenvalue weighted by molar-refractivity contribution is 6.30. The van der Waals surface area contributed by atoms with Crippen LogP contribution in [0.3, 0.4) is 0 Å². The molecule has 5 nitrogen and oxygen atoms in total. The fraction of sp³-hybridized carbons (Fsp3) is 0.0556. The monoisotopic (exact) mass is 343 g/mol. The molecule has 0 saturated heterocycles. The van der Waals surface area contributed by atoms with Crippen LogP contribution >= 0.6 is 11.6 Å². The standard InChI is InChI=1S/C14H10ClN3.C3H4O.CH4O/c15-10-4-1-3-9(7-10)11-5-2-6-12-13(11)14(16)18-8-17-12;1-2-3-4;1-2/h1-8H,(H2,16,17,18);2-3H,1H2;2H,1H3. The summed E-state index contributed by atoms with van der Waals surface area (Å²) in [5, 5.41) is 8.56. The summed E-state index contributed by atoms with van der Waals surface area (Å²) in [6.45, 7) is 3.11. The second-order valence-corrected chi connectivity index (χ2v) is 4.78. The molecule has 0 unspecified atom stereocenters. The van der Waals surface area contributed by atoms with Crippen LogP contribution in [0.25, 0.3) is 22.0 Å². The number of nitrogens with two attached hydrogens (primary N) is 1. The molecule has 0 bridgehead atoms. The molecule has 0 aliphatic carbocycles. The van der Waals surface area contributed by atoms with Gasteiger partial charge in [-0.05, 0) is 35.4 Å². The van der Waals surface area contributed by atoms with Crippen molar-refractivity contribution in [2.24, 2.45) is 0 Å². The van der Waals surface area contributed by atoms with E-state index < -0.39 is 0 Å². The molecule has 3 N–H and O–H groups in total. The SMILES string of the molecule is C=CC=O.CO.Nc1ncnc2cccc(-c3cccc(Cl)c3)c12. The maximum absolute atomic E-state index is 9.06. The fourth-order valence-electron chi connectivity index (χ4n) is 2.03. The van der Waals surface area contributed by atoms with Gasteiger partial charge in [0.1, 0.15) is 18.4 Å². The minimum absolute atomic E-state index is 0.482. The minimum atomic E-state index is 0.482. The number of nitrogen functional groups attached to an aromatic ring is 1. The van der Waals surface area contributed by atoms with E-state index in [9.17, 15) is 0 Å². The van der Waals surface area contributed by atoms with Gasteiger partial charge in [-0.25, -0.2) is 9.97 Å². The Morgan fingerprint density at radius 2 is 1.83 bits per heavy atom. The van der Waals surface area contributed by atoms with Gasteiger partial charge in [0.25, 0.3) is 0 Å². The quantitative estimate of drug-likeness (QED) is 0.549. The number of aliphatic hydroxyl groups is 1. The summed E-state index contributed by atoms with van der Waals surface area (Å²) in [6.07, 6.45) is 3.30. The van der Waals surface area contributed by atoms with Crippen molar-refractivity contribution in [3.8, 4) is 11.1 Å². The van der Waals surface area contributed by atoms with Gasteiger partial charge in [0, 0.05) is 12.1 Å². The number of carbonyl (C=O) groups is 1. The number of hydrogen-bond donors (Lipinski definition) is 2. The molecule has 0 saturated carbocycles. The maximum Gasteiger partial charge on any atom is 0.142 e. The number of nitrogens with zero attached hydrogens (tertiary/aromatic N) is 2. The first-order chi connectivity index (χ1) is 11.7. The van der Waals surface area contributed by atoms with E-state index in [1.807, 2.05) is 42.5 Å². The number of aliphatic hydroxyl groups excluding tert-OH is 1. The van der Waals surface area contributed by atoms with Crippen LogP contribution in [0.4, 0.5) is 5.82 Å². The molecule has 0 aliphatic rings. The Bertz CT molecular complexity index is 811. The van der Waals surface area contributed by atoms with Gasteiger partial charge in [-0.1, -0.05) is 42.4 Å². The number of allylic oxidation sites excluding steroid dienone is 1. The van der Waals surface area contributed by atoms with Crippen molar-refractivity contribution < 1.29 is 9.90 Å². The van der Waals surface area contributed by atoms with E-state index in [0.29, 0.717) is 17.1 Å². The number of carbonyl (C=O) groups excluding carboxylic acids is 1. The molecule has 0 spiro atoms. The molecule has 0 fully saturated rings. The second kappa shape index (κ2) is 10.1. The van der Waals surface area contributed by atoms with E-state index in [-0.39, 0.29) is 0 Å². The van der Waals surface area contributed by atoms with Crippen molar-refractivity contribution in [3.63, 3.8) is 0 Å². The third-order valence-electron chi connectivity index (χ3n) is 2.92. The summed E-state index contributed by atoms with van der Waals surface area (Å²) in [5.74, 6) is 0.482. The van der Waals surface area contributed by atoms with Gasteiger partial charge in [-0.3, -0.25) is 4.79 Å². The van der Waals surface area contributed by atoms with Gasteiger partial charge in [0.2, 0.25) is 0 Å². The summed E-state index contributed by atoms with van der Waals surface area (Å²) < 4.78 is 0. The molecule has 1 aromatic heterocycles. The molecule has 0 aliphatic heterocycles. The van der Waals surface area contributed by atoms with Gasteiger partial charge < -0.3 is 10.8 Å². The van der Waals surface area contributed by atoms with Gasteiger partial charge in [0.15, 0.2) is 0 Å². The zero-order valence-corrected chi connectivity index (χ0v) is 13.9. The maximum atomic E-state index is 9.06. The molecular weight excluding hydrogens is 326 g/mol. The first-order valence-electron chi connectivity index (χ1n) is 6.93. The van der Waals surface area contributed by atoms with Crippen molar-refractivity contribution in [3.05, 3.63) is 66.5 Å². The number of aromatic nitrogens is 2. The zero-order chi connectivity index (χ0) is 17.9. The van der Waals surface area contributed by atoms with Crippen molar-refractivity contribution in [1.82, 2.24) is 9.97 Å². The van der Waals surface area contributed by atoms with Gasteiger partial charge in [-0.15, -0.1) is 0 Å². The number of halogens is 1. The Kier molecular flexibility index (Phi) is 8.11. The van der Waals surface area contributed by atoms with Gasteiger partial charge in [0.05, 0.1) is 10.9 Å². The van der Waals surface area contributed by atoms with Gasteiger partial charge in [-0.2, -0.15) is 0 Å². The number of anilines is 1. The molecule has 3 aromatic rings. The Balaban J connectivity index is 0.000000423. The summed E-state index contributed by atoms with van der Waals surface area (Å²) in [4.78, 5) is 17.3.